The van der Waals surface area contributed by atoms with E-state index < -0.39 is 0 Å². The minimum atomic E-state index is 0.296. The molecule has 2 aromatic heterocycles. The van der Waals surface area contributed by atoms with E-state index in [1.54, 1.807) is 6.33 Å². The Hall–Kier alpha value is -2.18. The molecule has 0 aromatic carbocycles. The Kier molecular flexibility index (Phi) is 3.48. The zero-order valence-corrected chi connectivity index (χ0v) is 13.0. The van der Waals surface area contributed by atoms with E-state index in [1.165, 1.54) is 0 Å². The lowest BCUT2D eigenvalue weighted by atomic mass is 10.2. The Morgan fingerprint density at radius 3 is 2.76 bits per heavy atom. The number of fused-ring (bicyclic) bond motifs is 1. The average Bonchev–Trinajstić information content (AvgIpc) is 2.94. The second kappa shape index (κ2) is 5.31. The molecule has 0 unspecified atom stereocenters. The molecule has 1 N–H and O–H groups in total. The molecule has 2 aromatic rings. The van der Waals surface area contributed by atoms with E-state index in [0.29, 0.717) is 5.92 Å². The van der Waals surface area contributed by atoms with Gasteiger partial charge in [-0.05, 0) is 6.92 Å². The molecule has 0 bridgehead atoms. The van der Waals surface area contributed by atoms with Crippen LogP contribution in [0.15, 0.2) is 6.33 Å². The Bertz CT molecular complexity index is 647. The third kappa shape index (κ3) is 2.43. The van der Waals surface area contributed by atoms with Crippen molar-refractivity contribution in [3.05, 3.63) is 23.5 Å². The number of anilines is 2. The van der Waals surface area contributed by atoms with Crippen LogP contribution in [0.4, 0.5) is 11.6 Å². The molecule has 0 aliphatic carbocycles. The molecule has 3 rings (SSSR count). The van der Waals surface area contributed by atoms with Gasteiger partial charge in [0, 0.05) is 31.6 Å². The van der Waals surface area contributed by atoms with Gasteiger partial charge < -0.3 is 14.8 Å². The van der Waals surface area contributed by atoms with Gasteiger partial charge in [0.15, 0.2) is 5.82 Å². The molecule has 7 heteroatoms. The first-order chi connectivity index (χ1) is 10.1. The first-order valence-electron chi connectivity index (χ1n) is 7.28. The highest BCUT2D eigenvalue weighted by molar-refractivity contribution is 5.58. The Morgan fingerprint density at radius 2 is 2.05 bits per heavy atom. The highest BCUT2D eigenvalue weighted by atomic mass is 15.3. The predicted octanol–water partition coefficient (Wildman–Crippen LogP) is 1.56. The van der Waals surface area contributed by atoms with Crippen LogP contribution in [0, 0.1) is 6.92 Å². The van der Waals surface area contributed by atoms with Gasteiger partial charge in [0.1, 0.15) is 23.8 Å². The van der Waals surface area contributed by atoms with Gasteiger partial charge in [-0.1, -0.05) is 13.8 Å². The van der Waals surface area contributed by atoms with E-state index >= 15 is 0 Å². The zero-order valence-electron chi connectivity index (χ0n) is 13.0. The van der Waals surface area contributed by atoms with Gasteiger partial charge in [0.25, 0.3) is 0 Å². The van der Waals surface area contributed by atoms with Crippen LogP contribution in [0.25, 0.3) is 0 Å². The highest BCUT2D eigenvalue weighted by Gasteiger charge is 2.22. The SMILES string of the molecule is CNc1nc(C(C)C)nc(N2CCn3cnnc3C2)c1C. The van der Waals surface area contributed by atoms with Gasteiger partial charge in [-0.3, -0.25) is 0 Å². The number of nitrogens with zero attached hydrogens (tertiary/aromatic N) is 6. The van der Waals surface area contributed by atoms with Crippen molar-refractivity contribution in [1.29, 1.82) is 0 Å². The third-order valence-corrected chi connectivity index (χ3v) is 3.83. The minimum absolute atomic E-state index is 0.296. The summed E-state index contributed by atoms with van der Waals surface area (Å²) in [7, 11) is 1.90. The molecule has 0 fully saturated rings. The Morgan fingerprint density at radius 1 is 1.24 bits per heavy atom. The lowest BCUT2D eigenvalue weighted by Crippen LogP contribution is -2.35. The molecule has 0 spiro atoms. The fourth-order valence-electron chi connectivity index (χ4n) is 2.58. The number of nitrogens with one attached hydrogen (secondary N) is 1. The normalized spacial score (nSPS) is 14.4. The maximum atomic E-state index is 4.78. The van der Waals surface area contributed by atoms with Crippen molar-refractivity contribution in [2.24, 2.45) is 0 Å². The first kappa shape index (κ1) is 13.8. The van der Waals surface area contributed by atoms with E-state index in [2.05, 4.69) is 50.7 Å². The second-order valence-corrected chi connectivity index (χ2v) is 5.65. The van der Waals surface area contributed by atoms with Crippen molar-refractivity contribution in [2.45, 2.75) is 39.8 Å². The summed E-state index contributed by atoms with van der Waals surface area (Å²) in [5.41, 5.74) is 1.08. The number of aromatic nitrogens is 5. The molecule has 0 saturated heterocycles. The average molecular weight is 287 g/mol. The summed E-state index contributed by atoms with van der Waals surface area (Å²) in [6.45, 7) is 8.81. The number of hydrogen-bond acceptors (Lipinski definition) is 6. The van der Waals surface area contributed by atoms with Gasteiger partial charge in [0.05, 0.1) is 6.54 Å². The molecule has 21 heavy (non-hydrogen) atoms. The molecular formula is C14H21N7. The van der Waals surface area contributed by atoms with E-state index in [4.69, 9.17) is 4.98 Å². The van der Waals surface area contributed by atoms with Crippen molar-refractivity contribution < 1.29 is 0 Å². The quantitative estimate of drug-likeness (QED) is 0.923. The summed E-state index contributed by atoms with van der Waals surface area (Å²) in [5.74, 6) is 4.04. The van der Waals surface area contributed by atoms with E-state index in [-0.39, 0.29) is 0 Å². The smallest absolute Gasteiger partial charge is 0.152 e. The second-order valence-electron chi connectivity index (χ2n) is 5.65. The summed E-state index contributed by atoms with van der Waals surface area (Å²) >= 11 is 0. The molecule has 1 aliphatic rings. The molecule has 0 saturated carbocycles. The van der Waals surface area contributed by atoms with Gasteiger partial charge in [-0.15, -0.1) is 10.2 Å². The van der Waals surface area contributed by atoms with Crippen LogP contribution in [0.1, 0.15) is 37.0 Å². The lowest BCUT2D eigenvalue weighted by molar-refractivity contribution is 0.553. The molecule has 1 aliphatic heterocycles. The van der Waals surface area contributed by atoms with Crippen LogP contribution in [-0.4, -0.2) is 38.3 Å². The molecule has 0 radical (unpaired) electrons. The molecule has 0 atom stereocenters. The minimum Gasteiger partial charge on any atom is -0.373 e. The van der Waals surface area contributed by atoms with Gasteiger partial charge >= 0.3 is 0 Å². The maximum Gasteiger partial charge on any atom is 0.152 e. The van der Waals surface area contributed by atoms with E-state index in [0.717, 1.165) is 48.5 Å². The standard InChI is InChI=1S/C14H21N7/c1-9(2)12-17-13(15-4)10(3)14(18-12)20-5-6-21-8-16-19-11(21)7-20/h8-9H,5-7H2,1-4H3,(H,15,17,18). The third-order valence-electron chi connectivity index (χ3n) is 3.83. The zero-order chi connectivity index (χ0) is 15.0. The van der Waals surface area contributed by atoms with Crippen LogP contribution in [0.5, 0.6) is 0 Å². The van der Waals surface area contributed by atoms with Crippen molar-refractivity contribution in [2.75, 3.05) is 23.8 Å². The van der Waals surface area contributed by atoms with Crippen molar-refractivity contribution in [1.82, 2.24) is 24.7 Å². The van der Waals surface area contributed by atoms with Crippen molar-refractivity contribution in [3.8, 4) is 0 Å². The Labute approximate surface area is 124 Å². The van der Waals surface area contributed by atoms with Crippen LogP contribution < -0.4 is 10.2 Å². The van der Waals surface area contributed by atoms with Gasteiger partial charge in [-0.25, -0.2) is 9.97 Å². The van der Waals surface area contributed by atoms with Crippen LogP contribution in [-0.2, 0) is 13.1 Å². The fourth-order valence-corrected chi connectivity index (χ4v) is 2.58. The topological polar surface area (TPSA) is 71.8 Å². The highest BCUT2D eigenvalue weighted by Crippen LogP contribution is 2.27. The molecule has 0 amide bonds. The van der Waals surface area contributed by atoms with Crippen molar-refractivity contribution in [3.63, 3.8) is 0 Å². The largest absolute Gasteiger partial charge is 0.373 e. The molecular weight excluding hydrogens is 266 g/mol. The van der Waals surface area contributed by atoms with E-state index in [1.807, 2.05) is 7.05 Å². The summed E-state index contributed by atoms with van der Waals surface area (Å²) in [4.78, 5) is 11.6. The van der Waals surface area contributed by atoms with Crippen LogP contribution >= 0.6 is 0 Å². The predicted molar refractivity (Wildman–Crippen MR) is 81.5 cm³/mol. The fraction of sp³-hybridized carbons (Fsp3) is 0.571. The molecule has 112 valence electrons. The van der Waals surface area contributed by atoms with Crippen molar-refractivity contribution >= 4 is 11.6 Å². The summed E-state index contributed by atoms with van der Waals surface area (Å²) in [5, 5.41) is 11.3. The van der Waals surface area contributed by atoms with E-state index in [9.17, 15) is 0 Å². The lowest BCUT2D eigenvalue weighted by Gasteiger charge is -2.30. The summed E-state index contributed by atoms with van der Waals surface area (Å²) in [6, 6.07) is 0. The van der Waals surface area contributed by atoms with Crippen LogP contribution in [0.3, 0.4) is 0 Å². The summed E-state index contributed by atoms with van der Waals surface area (Å²) < 4.78 is 2.09. The summed E-state index contributed by atoms with van der Waals surface area (Å²) in [6.07, 6.45) is 1.79. The molecule has 7 nitrogen and oxygen atoms in total. The van der Waals surface area contributed by atoms with Gasteiger partial charge in [0.2, 0.25) is 0 Å². The maximum absolute atomic E-state index is 4.78. The molecule has 3 heterocycles. The number of hydrogen-bond donors (Lipinski definition) is 1. The first-order valence-corrected chi connectivity index (χ1v) is 7.28. The van der Waals surface area contributed by atoms with Crippen LogP contribution in [0.2, 0.25) is 0 Å². The monoisotopic (exact) mass is 287 g/mol. The Balaban J connectivity index is 2.00. The van der Waals surface area contributed by atoms with Gasteiger partial charge in [-0.2, -0.15) is 0 Å². The number of rotatable bonds is 3.